The van der Waals surface area contributed by atoms with Crippen molar-refractivity contribution in [1.82, 2.24) is 4.98 Å². The summed E-state index contributed by atoms with van der Waals surface area (Å²) in [5.41, 5.74) is 12.2. The van der Waals surface area contributed by atoms with Crippen molar-refractivity contribution in [1.29, 1.82) is 0 Å². The molecule has 0 fully saturated rings. The molecule has 2 aliphatic rings. The third kappa shape index (κ3) is 2.19. The summed E-state index contributed by atoms with van der Waals surface area (Å²) >= 11 is 0. The summed E-state index contributed by atoms with van der Waals surface area (Å²) in [5.74, 6) is 0. The first-order valence-electron chi connectivity index (χ1n) is 9.45. The van der Waals surface area contributed by atoms with E-state index >= 15 is 0 Å². The number of fused-ring (bicyclic) bond motifs is 1. The van der Waals surface area contributed by atoms with Gasteiger partial charge in [0.15, 0.2) is 0 Å². The van der Waals surface area contributed by atoms with Crippen molar-refractivity contribution in [3.05, 3.63) is 39.4 Å². The molecule has 1 aliphatic heterocycles. The van der Waals surface area contributed by atoms with Crippen LogP contribution in [0.15, 0.2) is 21.8 Å². The van der Waals surface area contributed by atoms with Crippen LogP contribution in [0.1, 0.15) is 84.8 Å². The summed E-state index contributed by atoms with van der Waals surface area (Å²) < 4.78 is 0. The number of hydrogen-bond acceptors (Lipinski definition) is 1. The molecule has 2 heterocycles. The molecule has 25 heavy (non-hydrogen) atoms. The molecule has 0 aromatic carbocycles. The van der Waals surface area contributed by atoms with Gasteiger partial charge in [0.2, 0.25) is 0 Å². The molecule has 1 aliphatic carbocycles. The number of aromatic nitrogens is 1. The normalized spacial score (nSPS) is 22.0. The molecule has 2 nitrogen and oxygen atoms in total. The van der Waals surface area contributed by atoms with Crippen LogP contribution >= 0.6 is 0 Å². The van der Waals surface area contributed by atoms with Crippen LogP contribution in [0.4, 0.5) is 0 Å². The van der Waals surface area contributed by atoms with E-state index in [0.29, 0.717) is 0 Å². The largest absolute Gasteiger partial charge is 0.358 e. The second-order valence-electron chi connectivity index (χ2n) is 10.0. The fraction of sp³-hybridized carbons (Fsp3) is 0.609. The molecule has 0 atom stereocenters. The minimum absolute atomic E-state index is 0.0207. The number of aryl methyl sites for hydroxylation is 1. The van der Waals surface area contributed by atoms with E-state index in [-0.39, 0.29) is 16.2 Å². The van der Waals surface area contributed by atoms with Crippen LogP contribution in [-0.4, -0.2) is 10.7 Å². The van der Waals surface area contributed by atoms with Gasteiger partial charge in [0, 0.05) is 33.5 Å². The molecular weight excluding hydrogens is 304 g/mol. The molecule has 1 aromatic rings. The monoisotopic (exact) mass is 338 g/mol. The van der Waals surface area contributed by atoms with E-state index in [9.17, 15) is 0 Å². The Morgan fingerprint density at radius 1 is 0.840 bits per heavy atom. The highest BCUT2D eigenvalue weighted by molar-refractivity contribution is 6.06. The molecule has 0 saturated heterocycles. The van der Waals surface area contributed by atoms with Crippen LogP contribution in [0.2, 0.25) is 0 Å². The Kier molecular flexibility index (Phi) is 3.64. The highest BCUT2D eigenvalue weighted by Crippen LogP contribution is 2.64. The van der Waals surface area contributed by atoms with Gasteiger partial charge in [-0.3, -0.25) is 4.99 Å². The minimum Gasteiger partial charge on any atom is -0.358 e. The summed E-state index contributed by atoms with van der Waals surface area (Å²) in [6, 6.07) is 0. The summed E-state index contributed by atoms with van der Waals surface area (Å²) in [5, 5.41) is 0. The van der Waals surface area contributed by atoms with E-state index in [2.05, 4.69) is 81.1 Å². The number of hydrogen-bond donors (Lipinski definition) is 1. The predicted molar refractivity (Wildman–Crippen MR) is 109 cm³/mol. The summed E-state index contributed by atoms with van der Waals surface area (Å²) in [4.78, 5) is 8.79. The number of H-pyrrole nitrogens is 1. The van der Waals surface area contributed by atoms with Gasteiger partial charge in [-0.2, -0.15) is 0 Å². The number of nitrogens with one attached hydrogen (secondary N) is 1. The molecule has 0 radical (unpaired) electrons. The molecule has 136 valence electrons. The lowest BCUT2D eigenvalue weighted by atomic mass is 9.64. The fourth-order valence-electron chi connectivity index (χ4n) is 4.81. The maximum absolute atomic E-state index is 5.04. The van der Waals surface area contributed by atoms with E-state index in [4.69, 9.17) is 4.99 Å². The molecule has 3 rings (SSSR count). The first-order chi connectivity index (χ1) is 11.2. The Labute approximate surface area is 153 Å². The standard InChI is InChI=1S/C23H34N2/c1-12-14(3)24-19(16(12)21(5,6)7)18-20-17(13(2)15(4)25-20)22(8,9)23(18,10)11/h24H,1-11H3. The van der Waals surface area contributed by atoms with E-state index in [1.54, 1.807) is 0 Å². The second kappa shape index (κ2) is 4.99. The van der Waals surface area contributed by atoms with E-state index in [1.165, 1.54) is 50.6 Å². The number of rotatable bonds is 1. The van der Waals surface area contributed by atoms with Crippen molar-refractivity contribution in [2.45, 2.75) is 81.6 Å². The minimum atomic E-state index is 0.0207. The zero-order valence-electron chi connectivity index (χ0n) is 17.9. The highest BCUT2D eigenvalue weighted by Gasteiger charge is 2.54. The van der Waals surface area contributed by atoms with Crippen molar-refractivity contribution in [2.24, 2.45) is 15.8 Å². The van der Waals surface area contributed by atoms with E-state index < -0.39 is 0 Å². The molecule has 0 saturated carbocycles. The van der Waals surface area contributed by atoms with Crippen LogP contribution in [0.3, 0.4) is 0 Å². The van der Waals surface area contributed by atoms with Gasteiger partial charge in [0.1, 0.15) is 0 Å². The van der Waals surface area contributed by atoms with Crippen LogP contribution < -0.4 is 0 Å². The maximum Gasteiger partial charge on any atom is 0.0732 e. The average molecular weight is 339 g/mol. The summed E-state index contributed by atoms with van der Waals surface area (Å²) in [6.07, 6.45) is 0. The molecule has 1 aromatic heterocycles. The van der Waals surface area contributed by atoms with Gasteiger partial charge in [-0.05, 0) is 55.4 Å². The molecular formula is C23H34N2. The number of aromatic amines is 1. The third-order valence-corrected chi connectivity index (χ3v) is 6.98. The zero-order chi connectivity index (χ0) is 19.1. The summed E-state index contributed by atoms with van der Waals surface area (Å²) in [7, 11) is 0. The number of nitrogens with zero attached hydrogens (tertiary/aromatic N) is 1. The Balaban J connectivity index is 2.43. The van der Waals surface area contributed by atoms with Gasteiger partial charge < -0.3 is 4.98 Å². The Hall–Kier alpha value is -1.57. The van der Waals surface area contributed by atoms with Crippen LogP contribution in [0.25, 0.3) is 5.57 Å². The quantitative estimate of drug-likeness (QED) is 0.605. The van der Waals surface area contributed by atoms with E-state index in [0.717, 1.165) is 0 Å². The van der Waals surface area contributed by atoms with Crippen molar-refractivity contribution in [2.75, 3.05) is 0 Å². The highest BCUT2D eigenvalue weighted by atomic mass is 14.9. The number of allylic oxidation sites excluding steroid dienone is 3. The van der Waals surface area contributed by atoms with Crippen LogP contribution in [0.5, 0.6) is 0 Å². The lowest BCUT2D eigenvalue weighted by molar-refractivity contribution is 0.246. The van der Waals surface area contributed by atoms with Gasteiger partial charge in [-0.15, -0.1) is 0 Å². The Morgan fingerprint density at radius 3 is 1.88 bits per heavy atom. The molecule has 0 bridgehead atoms. The second-order valence-corrected chi connectivity index (χ2v) is 10.0. The Morgan fingerprint density at radius 2 is 1.36 bits per heavy atom. The topological polar surface area (TPSA) is 28.1 Å². The van der Waals surface area contributed by atoms with Gasteiger partial charge in [0.05, 0.1) is 5.70 Å². The third-order valence-electron chi connectivity index (χ3n) is 6.98. The molecule has 0 amide bonds. The summed E-state index contributed by atoms with van der Waals surface area (Å²) in [6.45, 7) is 25.3. The average Bonchev–Trinajstić information content (AvgIpc) is 2.92. The van der Waals surface area contributed by atoms with Gasteiger partial charge in [0.25, 0.3) is 0 Å². The van der Waals surface area contributed by atoms with Crippen molar-refractivity contribution < 1.29 is 0 Å². The van der Waals surface area contributed by atoms with Crippen molar-refractivity contribution in [3.8, 4) is 0 Å². The fourth-order valence-corrected chi connectivity index (χ4v) is 4.81. The molecule has 2 heteroatoms. The van der Waals surface area contributed by atoms with Gasteiger partial charge >= 0.3 is 0 Å². The van der Waals surface area contributed by atoms with Crippen molar-refractivity contribution >= 4 is 11.3 Å². The zero-order valence-corrected chi connectivity index (χ0v) is 17.9. The lowest BCUT2D eigenvalue weighted by Crippen LogP contribution is -2.31. The first-order valence-corrected chi connectivity index (χ1v) is 9.45. The smallest absolute Gasteiger partial charge is 0.0732 e. The molecule has 1 N–H and O–H groups in total. The maximum atomic E-state index is 5.04. The SMILES string of the molecule is CC1=NC2=C(c3[nH]c(C)c(C)c3C(C)(C)C)C(C)(C)C(C)(C)C2=C1C. The van der Waals surface area contributed by atoms with Crippen molar-refractivity contribution in [3.63, 3.8) is 0 Å². The Bertz CT molecular complexity index is 859. The first kappa shape index (κ1) is 18.2. The molecule has 0 unspecified atom stereocenters. The van der Waals surface area contributed by atoms with Crippen LogP contribution in [0, 0.1) is 24.7 Å². The number of aliphatic imine (C=N–C) groups is 1. The van der Waals surface area contributed by atoms with E-state index in [1.807, 2.05) is 0 Å². The van der Waals surface area contributed by atoms with Gasteiger partial charge in [-0.25, -0.2) is 0 Å². The predicted octanol–water partition coefficient (Wildman–Crippen LogP) is 6.50. The molecule has 0 spiro atoms. The van der Waals surface area contributed by atoms with Crippen LogP contribution in [-0.2, 0) is 5.41 Å². The lowest BCUT2D eigenvalue weighted by Gasteiger charge is -2.39. The van der Waals surface area contributed by atoms with Gasteiger partial charge in [-0.1, -0.05) is 48.5 Å².